The zero-order valence-electron chi connectivity index (χ0n) is 15.8. The van der Waals surface area contributed by atoms with Gasteiger partial charge in [-0.25, -0.2) is 0 Å². The molecule has 1 aromatic heterocycles. The Morgan fingerprint density at radius 3 is 2.41 bits per heavy atom. The summed E-state index contributed by atoms with van der Waals surface area (Å²) in [6, 6.07) is 11.4. The van der Waals surface area contributed by atoms with Crippen LogP contribution in [0.5, 0.6) is 0 Å². The number of carbonyl (C=O) groups is 2. The van der Waals surface area contributed by atoms with Crippen LogP contribution in [0.15, 0.2) is 42.6 Å². The van der Waals surface area contributed by atoms with Crippen LogP contribution in [-0.2, 0) is 6.54 Å². The van der Waals surface area contributed by atoms with Crippen LogP contribution < -0.4 is 10.6 Å². The van der Waals surface area contributed by atoms with Crippen molar-refractivity contribution in [1.82, 2.24) is 15.6 Å². The SMILES string of the molecule is Cc1ccc(CNC(=O)c2ccnc(C(=O)NC3CCCCCC3)c2)cc1. The molecule has 1 fully saturated rings. The Bertz CT molecular complexity index is 778. The van der Waals surface area contributed by atoms with Gasteiger partial charge in [0.05, 0.1) is 0 Å². The lowest BCUT2D eigenvalue weighted by atomic mass is 10.1. The van der Waals surface area contributed by atoms with Crippen molar-refractivity contribution < 1.29 is 9.59 Å². The molecule has 0 unspecified atom stereocenters. The lowest BCUT2D eigenvalue weighted by molar-refractivity contribution is 0.0928. The first-order valence-electron chi connectivity index (χ1n) is 9.72. The topological polar surface area (TPSA) is 71.1 Å². The van der Waals surface area contributed by atoms with Gasteiger partial charge in [0, 0.05) is 24.3 Å². The number of benzene rings is 1. The largest absolute Gasteiger partial charge is 0.348 e. The molecule has 1 aliphatic carbocycles. The molecule has 1 saturated carbocycles. The normalized spacial score (nSPS) is 15.0. The third-order valence-electron chi connectivity index (χ3n) is 5.02. The van der Waals surface area contributed by atoms with Gasteiger partial charge in [-0.05, 0) is 37.5 Å². The molecule has 3 rings (SSSR count). The molecule has 0 bridgehead atoms. The molecule has 0 saturated heterocycles. The molecule has 1 aromatic carbocycles. The van der Waals surface area contributed by atoms with Crippen molar-refractivity contribution in [3.05, 3.63) is 65.0 Å². The number of hydrogen-bond acceptors (Lipinski definition) is 3. The van der Waals surface area contributed by atoms with E-state index in [9.17, 15) is 9.59 Å². The van der Waals surface area contributed by atoms with E-state index < -0.39 is 0 Å². The molecule has 0 aliphatic heterocycles. The van der Waals surface area contributed by atoms with Gasteiger partial charge in [-0.1, -0.05) is 55.5 Å². The zero-order chi connectivity index (χ0) is 19.1. The van der Waals surface area contributed by atoms with Crippen molar-refractivity contribution >= 4 is 11.8 Å². The van der Waals surface area contributed by atoms with Crippen molar-refractivity contribution in [2.45, 2.75) is 58.0 Å². The van der Waals surface area contributed by atoms with Crippen molar-refractivity contribution in [2.24, 2.45) is 0 Å². The first-order valence-corrected chi connectivity index (χ1v) is 9.72. The fourth-order valence-corrected chi connectivity index (χ4v) is 3.37. The van der Waals surface area contributed by atoms with E-state index in [1.807, 2.05) is 31.2 Å². The molecule has 2 aromatic rings. The summed E-state index contributed by atoms with van der Waals surface area (Å²) in [6.45, 7) is 2.48. The lowest BCUT2D eigenvalue weighted by Gasteiger charge is -2.16. The summed E-state index contributed by atoms with van der Waals surface area (Å²) in [6.07, 6.45) is 8.33. The Hall–Kier alpha value is -2.69. The number of nitrogens with one attached hydrogen (secondary N) is 2. The van der Waals surface area contributed by atoms with Gasteiger partial charge in [-0.3, -0.25) is 14.6 Å². The zero-order valence-corrected chi connectivity index (χ0v) is 15.8. The number of hydrogen-bond donors (Lipinski definition) is 2. The van der Waals surface area contributed by atoms with E-state index in [0.29, 0.717) is 17.8 Å². The van der Waals surface area contributed by atoms with Crippen LogP contribution in [0.3, 0.4) is 0 Å². The summed E-state index contributed by atoms with van der Waals surface area (Å²) < 4.78 is 0. The first-order chi connectivity index (χ1) is 13.1. The summed E-state index contributed by atoms with van der Waals surface area (Å²) in [5.74, 6) is -0.406. The number of pyridine rings is 1. The predicted molar refractivity (Wildman–Crippen MR) is 106 cm³/mol. The molecular formula is C22H27N3O2. The minimum absolute atomic E-state index is 0.199. The Morgan fingerprint density at radius 1 is 1.00 bits per heavy atom. The highest BCUT2D eigenvalue weighted by Crippen LogP contribution is 2.17. The minimum atomic E-state index is -0.207. The van der Waals surface area contributed by atoms with Gasteiger partial charge in [-0.15, -0.1) is 0 Å². The van der Waals surface area contributed by atoms with Crippen LogP contribution >= 0.6 is 0 Å². The number of aromatic nitrogens is 1. The number of rotatable bonds is 5. The molecule has 27 heavy (non-hydrogen) atoms. The number of nitrogens with zero attached hydrogens (tertiary/aromatic N) is 1. The monoisotopic (exact) mass is 365 g/mol. The Kier molecular flexibility index (Phi) is 6.58. The summed E-state index contributed by atoms with van der Waals surface area (Å²) >= 11 is 0. The fraction of sp³-hybridized carbons (Fsp3) is 0.409. The molecule has 2 N–H and O–H groups in total. The van der Waals surface area contributed by atoms with Gasteiger partial charge < -0.3 is 10.6 Å². The second-order valence-corrected chi connectivity index (χ2v) is 7.26. The van der Waals surface area contributed by atoms with Gasteiger partial charge >= 0.3 is 0 Å². The lowest BCUT2D eigenvalue weighted by Crippen LogP contribution is -2.35. The molecule has 5 nitrogen and oxygen atoms in total. The van der Waals surface area contributed by atoms with Crippen LogP contribution in [0.1, 0.15) is 70.5 Å². The average molecular weight is 365 g/mol. The average Bonchev–Trinajstić information content (AvgIpc) is 2.96. The van der Waals surface area contributed by atoms with E-state index in [0.717, 1.165) is 31.2 Å². The third-order valence-corrected chi connectivity index (χ3v) is 5.02. The molecule has 2 amide bonds. The molecule has 0 spiro atoms. The van der Waals surface area contributed by atoms with Gasteiger partial charge in [-0.2, -0.15) is 0 Å². The van der Waals surface area contributed by atoms with Crippen LogP contribution in [0.25, 0.3) is 0 Å². The molecule has 1 aliphatic rings. The summed E-state index contributed by atoms with van der Waals surface area (Å²) in [4.78, 5) is 29.1. The van der Waals surface area contributed by atoms with Crippen LogP contribution in [0, 0.1) is 6.92 Å². The smallest absolute Gasteiger partial charge is 0.270 e. The predicted octanol–water partition coefficient (Wildman–Crippen LogP) is 3.77. The van der Waals surface area contributed by atoms with Gasteiger partial charge in [0.2, 0.25) is 0 Å². The quantitative estimate of drug-likeness (QED) is 0.792. The van der Waals surface area contributed by atoms with Crippen molar-refractivity contribution in [1.29, 1.82) is 0 Å². The highest BCUT2D eigenvalue weighted by atomic mass is 16.2. The standard InChI is InChI=1S/C22H27N3O2/c1-16-8-10-17(11-9-16)15-24-21(26)18-12-13-23-20(14-18)22(27)25-19-6-4-2-3-5-7-19/h8-14,19H,2-7,15H2,1H3,(H,24,26)(H,25,27). The van der Waals surface area contributed by atoms with Crippen LogP contribution in [0.2, 0.25) is 0 Å². The van der Waals surface area contributed by atoms with Crippen LogP contribution in [0.4, 0.5) is 0 Å². The number of carbonyl (C=O) groups excluding carboxylic acids is 2. The molecule has 142 valence electrons. The van der Waals surface area contributed by atoms with Crippen molar-refractivity contribution in [3.8, 4) is 0 Å². The van der Waals surface area contributed by atoms with Gasteiger partial charge in [0.15, 0.2) is 0 Å². The maximum absolute atomic E-state index is 12.5. The fourth-order valence-electron chi connectivity index (χ4n) is 3.37. The van der Waals surface area contributed by atoms with E-state index in [-0.39, 0.29) is 17.9 Å². The minimum Gasteiger partial charge on any atom is -0.348 e. The molecule has 0 atom stereocenters. The maximum Gasteiger partial charge on any atom is 0.270 e. The molecule has 1 heterocycles. The summed E-state index contributed by atoms with van der Waals surface area (Å²) in [7, 11) is 0. The second-order valence-electron chi connectivity index (χ2n) is 7.26. The maximum atomic E-state index is 12.5. The van der Waals surface area contributed by atoms with E-state index in [2.05, 4.69) is 15.6 Å². The summed E-state index contributed by atoms with van der Waals surface area (Å²) in [5, 5.41) is 5.96. The second kappa shape index (κ2) is 9.31. The van der Waals surface area contributed by atoms with Crippen molar-refractivity contribution in [2.75, 3.05) is 0 Å². The first kappa shape index (κ1) is 19.1. The Morgan fingerprint density at radius 2 is 1.70 bits per heavy atom. The Labute approximate surface area is 160 Å². The van der Waals surface area contributed by atoms with Gasteiger partial charge in [0.1, 0.15) is 5.69 Å². The van der Waals surface area contributed by atoms with Crippen LogP contribution in [-0.4, -0.2) is 22.8 Å². The Balaban J connectivity index is 1.59. The summed E-state index contributed by atoms with van der Waals surface area (Å²) in [5.41, 5.74) is 2.96. The molecular weight excluding hydrogens is 338 g/mol. The molecule has 5 heteroatoms. The third kappa shape index (κ3) is 5.64. The van der Waals surface area contributed by atoms with Crippen molar-refractivity contribution in [3.63, 3.8) is 0 Å². The highest BCUT2D eigenvalue weighted by Gasteiger charge is 2.17. The molecule has 0 radical (unpaired) electrons. The highest BCUT2D eigenvalue weighted by molar-refractivity contribution is 5.98. The number of aryl methyl sites for hydroxylation is 1. The van der Waals surface area contributed by atoms with E-state index in [1.165, 1.54) is 24.6 Å². The van der Waals surface area contributed by atoms with E-state index in [4.69, 9.17) is 0 Å². The van der Waals surface area contributed by atoms with E-state index >= 15 is 0 Å². The number of amides is 2. The van der Waals surface area contributed by atoms with Gasteiger partial charge in [0.25, 0.3) is 11.8 Å². The van der Waals surface area contributed by atoms with E-state index in [1.54, 1.807) is 12.1 Å².